The molecule has 6 heteroatoms. The van der Waals surface area contributed by atoms with E-state index < -0.39 is 0 Å². The fraction of sp³-hybridized carbons (Fsp3) is 0.154. The third kappa shape index (κ3) is 2.66. The van der Waals surface area contributed by atoms with Crippen LogP contribution in [0.1, 0.15) is 21.5 Å². The molecule has 0 atom stereocenters. The number of hydrogen-bond acceptors (Lipinski definition) is 3. The van der Waals surface area contributed by atoms with Gasteiger partial charge in [-0.05, 0) is 24.6 Å². The Balaban J connectivity index is 2.34. The van der Waals surface area contributed by atoms with Crippen molar-refractivity contribution in [3.8, 4) is 6.07 Å². The van der Waals surface area contributed by atoms with Crippen molar-refractivity contribution in [2.24, 2.45) is 7.05 Å². The van der Waals surface area contributed by atoms with Gasteiger partial charge in [-0.25, -0.2) is 0 Å². The molecule has 1 amide bonds. The maximum atomic E-state index is 12.2. The summed E-state index contributed by atoms with van der Waals surface area (Å²) >= 11 is 3.34. The Bertz CT molecular complexity index is 684. The average molecular weight is 319 g/mol. The van der Waals surface area contributed by atoms with Crippen LogP contribution >= 0.6 is 15.9 Å². The lowest BCUT2D eigenvalue weighted by Crippen LogP contribution is -2.16. The molecule has 0 aliphatic rings. The lowest BCUT2D eigenvalue weighted by atomic mass is 10.1. The van der Waals surface area contributed by atoms with Crippen LogP contribution < -0.4 is 5.32 Å². The number of nitriles is 1. The molecule has 0 saturated heterocycles. The third-order valence-electron chi connectivity index (χ3n) is 2.74. The van der Waals surface area contributed by atoms with Gasteiger partial charge in [0.2, 0.25) is 0 Å². The van der Waals surface area contributed by atoms with E-state index in [2.05, 4.69) is 26.3 Å². The lowest BCUT2D eigenvalue weighted by molar-refractivity contribution is 0.102. The van der Waals surface area contributed by atoms with Gasteiger partial charge in [-0.2, -0.15) is 10.4 Å². The monoisotopic (exact) mass is 318 g/mol. The van der Waals surface area contributed by atoms with E-state index in [9.17, 15) is 4.79 Å². The number of rotatable bonds is 2. The zero-order valence-corrected chi connectivity index (χ0v) is 12.0. The minimum absolute atomic E-state index is 0.265. The molecule has 1 aromatic heterocycles. The SMILES string of the molecule is Cc1ccc(Br)cc1C(=O)Nc1c(C#N)cnn1C. The summed E-state index contributed by atoms with van der Waals surface area (Å²) in [7, 11) is 1.67. The summed E-state index contributed by atoms with van der Waals surface area (Å²) in [5.74, 6) is 0.130. The second-order valence-corrected chi connectivity index (χ2v) is 4.97. The van der Waals surface area contributed by atoms with E-state index in [1.807, 2.05) is 25.1 Å². The zero-order valence-electron chi connectivity index (χ0n) is 10.4. The first-order valence-electron chi connectivity index (χ1n) is 5.52. The van der Waals surface area contributed by atoms with Gasteiger partial charge in [-0.3, -0.25) is 9.48 Å². The second kappa shape index (κ2) is 5.24. The molecular weight excluding hydrogens is 308 g/mol. The summed E-state index contributed by atoms with van der Waals surface area (Å²) in [6.45, 7) is 1.86. The van der Waals surface area contributed by atoms with Gasteiger partial charge in [-0.1, -0.05) is 22.0 Å². The van der Waals surface area contributed by atoms with Crippen LogP contribution in [0, 0.1) is 18.3 Å². The predicted molar refractivity (Wildman–Crippen MR) is 74.8 cm³/mol. The number of anilines is 1. The number of nitrogens with one attached hydrogen (secondary N) is 1. The number of nitrogens with zero attached hydrogens (tertiary/aromatic N) is 3. The summed E-state index contributed by atoms with van der Waals surface area (Å²) in [5, 5.41) is 15.6. The van der Waals surface area contributed by atoms with Crippen LogP contribution in [0.25, 0.3) is 0 Å². The van der Waals surface area contributed by atoms with Crippen molar-refractivity contribution in [2.45, 2.75) is 6.92 Å². The number of aryl methyl sites for hydroxylation is 2. The van der Waals surface area contributed by atoms with Gasteiger partial charge < -0.3 is 5.32 Å². The van der Waals surface area contributed by atoms with E-state index in [1.54, 1.807) is 13.1 Å². The number of aromatic nitrogens is 2. The third-order valence-corrected chi connectivity index (χ3v) is 3.23. The molecular formula is C13H11BrN4O. The number of benzene rings is 1. The molecule has 0 unspecified atom stereocenters. The van der Waals surface area contributed by atoms with E-state index in [0.29, 0.717) is 16.9 Å². The molecule has 0 spiro atoms. The molecule has 5 nitrogen and oxygen atoms in total. The van der Waals surface area contributed by atoms with Gasteiger partial charge in [0.05, 0.1) is 6.20 Å². The molecule has 19 heavy (non-hydrogen) atoms. The Hall–Kier alpha value is -2.13. The van der Waals surface area contributed by atoms with Crippen molar-refractivity contribution in [3.63, 3.8) is 0 Å². The minimum atomic E-state index is -0.265. The molecule has 0 fully saturated rings. The summed E-state index contributed by atoms with van der Waals surface area (Å²) < 4.78 is 2.29. The van der Waals surface area contributed by atoms with Gasteiger partial charge in [0.15, 0.2) is 0 Å². The predicted octanol–water partition coefficient (Wildman–Crippen LogP) is 2.62. The highest BCUT2D eigenvalue weighted by atomic mass is 79.9. The van der Waals surface area contributed by atoms with Crippen LogP contribution in [0.5, 0.6) is 0 Å². The van der Waals surface area contributed by atoms with E-state index in [-0.39, 0.29) is 5.91 Å². The fourth-order valence-corrected chi connectivity index (χ4v) is 2.04. The molecule has 2 aromatic rings. The molecule has 2 rings (SSSR count). The van der Waals surface area contributed by atoms with Crippen LogP contribution in [0.2, 0.25) is 0 Å². The Morgan fingerprint density at radius 3 is 2.95 bits per heavy atom. The fourth-order valence-electron chi connectivity index (χ4n) is 1.68. The van der Waals surface area contributed by atoms with Crippen molar-refractivity contribution >= 4 is 27.7 Å². The summed E-state index contributed by atoms with van der Waals surface area (Å²) in [6, 6.07) is 7.46. The number of carbonyl (C=O) groups excluding carboxylic acids is 1. The van der Waals surface area contributed by atoms with Crippen molar-refractivity contribution in [3.05, 3.63) is 45.6 Å². The second-order valence-electron chi connectivity index (χ2n) is 4.06. The molecule has 0 aliphatic heterocycles. The maximum absolute atomic E-state index is 12.2. The summed E-state index contributed by atoms with van der Waals surface area (Å²) in [6.07, 6.45) is 1.42. The van der Waals surface area contributed by atoms with Crippen LogP contribution in [0.4, 0.5) is 5.82 Å². The smallest absolute Gasteiger partial charge is 0.257 e. The quantitative estimate of drug-likeness (QED) is 0.925. The first-order chi connectivity index (χ1) is 9.02. The van der Waals surface area contributed by atoms with Crippen LogP contribution in [-0.4, -0.2) is 15.7 Å². The van der Waals surface area contributed by atoms with E-state index >= 15 is 0 Å². The molecule has 96 valence electrons. The van der Waals surface area contributed by atoms with Gasteiger partial charge in [0.1, 0.15) is 17.5 Å². The highest BCUT2D eigenvalue weighted by molar-refractivity contribution is 9.10. The number of amides is 1. The van der Waals surface area contributed by atoms with Crippen molar-refractivity contribution < 1.29 is 4.79 Å². The zero-order chi connectivity index (χ0) is 14.0. The first kappa shape index (κ1) is 13.3. The standard InChI is InChI=1S/C13H11BrN4O/c1-8-3-4-10(14)5-11(8)13(19)17-12-9(6-15)7-16-18(12)2/h3-5,7H,1-2H3,(H,17,19). The average Bonchev–Trinajstić information content (AvgIpc) is 2.73. The normalized spacial score (nSPS) is 10.0. The van der Waals surface area contributed by atoms with Crippen LogP contribution in [0.15, 0.2) is 28.9 Å². The molecule has 0 bridgehead atoms. The Labute approximate surface area is 119 Å². The number of carbonyl (C=O) groups is 1. The summed E-state index contributed by atoms with van der Waals surface area (Å²) in [5.41, 5.74) is 1.75. The Morgan fingerprint density at radius 2 is 2.26 bits per heavy atom. The van der Waals surface area contributed by atoms with Gasteiger partial charge >= 0.3 is 0 Å². The molecule has 0 saturated carbocycles. The topological polar surface area (TPSA) is 70.7 Å². The molecule has 1 heterocycles. The Kier molecular flexibility index (Phi) is 3.67. The lowest BCUT2D eigenvalue weighted by Gasteiger charge is -2.08. The molecule has 1 N–H and O–H groups in total. The minimum Gasteiger partial charge on any atom is -0.306 e. The van der Waals surface area contributed by atoms with Crippen molar-refractivity contribution in [1.82, 2.24) is 9.78 Å². The van der Waals surface area contributed by atoms with Crippen LogP contribution in [0.3, 0.4) is 0 Å². The van der Waals surface area contributed by atoms with E-state index in [0.717, 1.165) is 10.0 Å². The Morgan fingerprint density at radius 1 is 1.53 bits per heavy atom. The summed E-state index contributed by atoms with van der Waals surface area (Å²) in [4.78, 5) is 12.2. The van der Waals surface area contributed by atoms with Gasteiger partial charge in [0, 0.05) is 17.1 Å². The van der Waals surface area contributed by atoms with E-state index in [4.69, 9.17) is 5.26 Å². The first-order valence-corrected chi connectivity index (χ1v) is 6.32. The largest absolute Gasteiger partial charge is 0.306 e. The van der Waals surface area contributed by atoms with Crippen LogP contribution in [-0.2, 0) is 7.05 Å². The van der Waals surface area contributed by atoms with Gasteiger partial charge in [-0.15, -0.1) is 0 Å². The molecule has 1 aromatic carbocycles. The van der Waals surface area contributed by atoms with Crippen molar-refractivity contribution in [1.29, 1.82) is 5.26 Å². The van der Waals surface area contributed by atoms with Gasteiger partial charge in [0.25, 0.3) is 5.91 Å². The van der Waals surface area contributed by atoms with Crippen molar-refractivity contribution in [2.75, 3.05) is 5.32 Å². The molecule has 0 aliphatic carbocycles. The maximum Gasteiger partial charge on any atom is 0.257 e. The highest BCUT2D eigenvalue weighted by Crippen LogP contribution is 2.19. The highest BCUT2D eigenvalue weighted by Gasteiger charge is 2.14. The van der Waals surface area contributed by atoms with E-state index in [1.165, 1.54) is 10.9 Å². The molecule has 0 radical (unpaired) electrons. The number of halogens is 1. The number of hydrogen-bond donors (Lipinski definition) is 1.